The van der Waals surface area contributed by atoms with Crippen molar-refractivity contribution in [2.45, 2.75) is 5.92 Å². The van der Waals surface area contributed by atoms with Gasteiger partial charge in [-0.1, -0.05) is 12.1 Å². The first kappa shape index (κ1) is 19.3. The predicted molar refractivity (Wildman–Crippen MR) is 103 cm³/mol. The summed E-state index contributed by atoms with van der Waals surface area (Å²) < 4.78 is 44.8. The van der Waals surface area contributed by atoms with E-state index in [9.17, 15) is 14.0 Å². The lowest BCUT2D eigenvalue weighted by molar-refractivity contribution is 0.355. The maximum atomic E-state index is 14.7. The molecular weight excluding hydrogens is 394 g/mol. The Morgan fingerprint density at radius 3 is 2.63 bits per heavy atom. The number of H-pyrrole nitrogens is 1. The highest BCUT2D eigenvalue weighted by molar-refractivity contribution is 5.73. The van der Waals surface area contributed by atoms with Gasteiger partial charge in [-0.05, 0) is 24.3 Å². The highest BCUT2D eigenvalue weighted by Crippen LogP contribution is 2.47. The first-order chi connectivity index (χ1) is 14.5. The quantitative estimate of drug-likeness (QED) is 0.681. The molecule has 0 radical (unpaired) electrons. The summed E-state index contributed by atoms with van der Waals surface area (Å²) in [5.74, 6) is -2.30. The first-order valence-corrected chi connectivity index (χ1v) is 8.82. The molecule has 3 N–H and O–H groups in total. The third-order valence-electron chi connectivity index (χ3n) is 4.90. The molecule has 0 fully saturated rings. The molecule has 7 nitrogen and oxygen atoms in total. The Bertz CT molecular complexity index is 1210. The van der Waals surface area contributed by atoms with Crippen LogP contribution >= 0.6 is 0 Å². The van der Waals surface area contributed by atoms with Crippen molar-refractivity contribution in [3.8, 4) is 34.7 Å². The average Bonchev–Trinajstić information content (AvgIpc) is 3.17. The second-order valence-corrected chi connectivity index (χ2v) is 6.46. The number of benzene rings is 2. The highest BCUT2D eigenvalue weighted by Gasteiger charge is 2.37. The number of nitrogens with one attached hydrogen (secondary N) is 1. The number of hydrogen-bond acceptors (Lipinski definition) is 6. The van der Waals surface area contributed by atoms with Crippen molar-refractivity contribution >= 4 is 0 Å². The van der Waals surface area contributed by atoms with Crippen LogP contribution in [0.1, 0.15) is 17.0 Å². The molecule has 0 saturated carbocycles. The number of nitrogens with two attached hydrogens (primary N) is 1. The number of ether oxygens (including phenoxy) is 3. The van der Waals surface area contributed by atoms with Gasteiger partial charge in [-0.2, -0.15) is 5.26 Å². The first-order valence-electron chi connectivity index (χ1n) is 8.82. The standard InChI is InChI=1S/C21H16F2N4O3/c1-28-14-7-6-10(8-15(14)29-2)19-17-16(11-4-3-5-13(22)18(11)23)12(9-24)20(25)30-21(17)27-26-19/h3-8,16H,25H2,1-2H3,(H,26,27)/t16-/m0/s1. The van der Waals surface area contributed by atoms with Crippen LogP contribution in [-0.2, 0) is 0 Å². The molecule has 3 aromatic rings. The lowest BCUT2D eigenvalue weighted by atomic mass is 9.82. The van der Waals surface area contributed by atoms with Gasteiger partial charge in [0.25, 0.3) is 0 Å². The van der Waals surface area contributed by atoms with Gasteiger partial charge < -0.3 is 19.9 Å². The van der Waals surface area contributed by atoms with E-state index in [0.717, 1.165) is 6.07 Å². The Morgan fingerprint density at radius 1 is 1.17 bits per heavy atom. The molecule has 0 aliphatic carbocycles. The van der Waals surface area contributed by atoms with Crippen LogP contribution in [0.15, 0.2) is 47.9 Å². The van der Waals surface area contributed by atoms with Gasteiger partial charge in [-0.15, -0.1) is 5.10 Å². The van der Waals surface area contributed by atoms with Crippen molar-refractivity contribution in [2.75, 3.05) is 14.2 Å². The van der Waals surface area contributed by atoms with E-state index in [1.165, 1.54) is 26.4 Å². The summed E-state index contributed by atoms with van der Waals surface area (Å²) in [6.45, 7) is 0. The van der Waals surface area contributed by atoms with Crippen molar-refractivity contribution in [1.82, 2.24) is 10.2 Å². The van der Waals surface area contributed by atoms with Gasteiger partial charge in [0.05, 0.1) is 31.4 Å². The summed E-state index contributed by atoms with van der Waals surface area (Å²) in [7, 11) is 3.01. The fourth-order valence-corrected chi connectivity index (χ4v) is 3.51. The van der Waals surface area contributed by atoms with E-state index in [1.807, 2.05) is 6.07 Å². The summed E-state index contributed by atoms with van der Waals surface area (Å²) >= 11 is 0. The van der Waals surface area contributed by atoms with Crippen molar-refractivity contribution in [3.05, 3.63) is 70.6 Å². The molecule has 30 heavy (non-hydrogen) atoms. The molecule has 9 heteroatoms. The van der Waals surface area contributed by atoms with Gasteiger partial charge in [-0.3, -0.25) is 5.10 Å². The van der Waals surface area contributed by atoms with Crippen LogP contribution in [0.25, 0.3) is 11.3 Å². The van der Waals surface area contributed by atoms with Gasteiger partial charge in [0.15, 0.2) is 23.1 Å². The molecule has 1 aliphatic rings. The normalized spacial score (nSPS) is 15.2. The molecule has 0 saturated heterocycles. The van der Waals surface area contributed by atoms with Crippen molar-refractivity contribution in [3.63, 3.8) is 0 Å². The van der Waals surface area contributed by atoms with Gasteiger partial charge in [0.2, 0.25) is 11.8 Å². The lowest BCUT2D eigenvalue weighted by Gasteiger charge is -2.24. The molecule has 1 atom stereocenters. The molecule has 0 unspecified atom stereocenters. The number of hydrogen-bond donors (Lipinski definition) is 2. The van der Waals surface area contributed by atoms with Crippen molar-refractivity contribution < 1.29 is 23.0 Å². The number of nitrogens with zero attached hydrogens (tertiary/aromatic N) is 2. The van der Waals surface area contributed by atoms with Gasteiger partial charge >= 0.3 is 0 Å². The summed E-state index contributed by atoms with van der Waals surface area (Å²) in [4.78, 5) is 0. The second-order valence-electron chi connectivity index (χ2n) is 6.46. The number of allylic oxidation sites excluding steroid dienone is 1. The predicted octanol–water partition coefficient (Wildman–Crippen LogP) is 3.59. The number of aromatic amines is 1. The Balaban J connectivity index is 1.96. The molecular formula is C21H16F2N4O3. The van der Waals surface area contributed by atoms with Crippen LogP contribution in [0.4, 0.5) is 8.78 Å². The van der Waals surface area contributed by atoms with Crippen LogP contribution in [0.2, 0.25) is 0 Å². The summed E-state index contributed by atoms with van der Waals surface area (Å²) in [5, 5.41) is 16.6. The van der Waals surface area contributed by atoms with Gasteiger partial charge in [0.1, 0.15) is 11.6 Å². The molecule has 4 rings (SSSR count). The van der Waals surface area contributed by atoms with E-state index in [-0.39, 0.29) is 22.9 Å². The van der Waals surface area contributed by atoms with Crippen molar-refractivity contribution in [2.24, 2.45) is 5.73 Å². The number of fused-ring (bicyclic) bond motifs is 1. The summed E-state index contributed by atoms with van der Waals surface area (Å²) in [6, 6.07) is 10.8. The molecule has 0 amide bonds. The Morgan fingerprint density at radius 2 is 1.93 bits per heavy atom. The van der Waals surface area contributed by atoms with Crippen LogP contribution in [-0.4, -0.2) is 24.4 Å². The second kappa shape index (κ2) is 7.40. The largest absolute Gasteiger partial charge is 0.493 e. The zero-order valence-corrected chi connectivity index (χ0v) is 16.0. The third-order valence-corrected chi connectivity index (χ3v) is 4.90. The number of methoxy groups -OCH3 is 2. The summed E-state index contributed by atoms with van der Waals surface area (Å²) in [5.41, 5.74) is 7.20. The number of aromatic nitrogens is 2. The monoisotopic (exact) mass is 410 g/mol. The number of nitriles is 1. The minimum Gasteiger partial charge on any atom is -0.493 e. The minimum absolute atomic E-state index is 0.0462. The number of rotatable bonds is 4. The molecule has 152 valence electrons. The fraction of sp³-hybridized carbons (Fsp3) is 0.143. The zero-order chi connectivity index (χ0) is 21.4. The third kappa shape index (κ3) is 2.90. The van der Waals surface area contributed by atoms with E-state index < -0.39 is 17.6 Å². The SMILES string of the molecule is COc1ccc(-c2[nH]nc3c2[C@@H](c2cccc(F)c2F)C(C#N)=C(N)O3)cc1OC. The number of halogens is 2. The van der Waals surface area contributed by atoms with Crippen LogP contribution in [0, 0.1) is 23.0 Å². The Labute approximate surface area is 170 Å². The smallest absolute Gasteiger partial charge is 0.244 e. The van der Waals surface area contributed by atoms with Crippen LogP contribution < -0.4 is 19.9 Å². The average molecular weight is 410 g/mol. The van der Waals surface area contributed by atoms with E-state index in [1.54, 1.807) is 18.2 Å². The van der Waals surface area contributed by atoms with Crippen LogP contribution in [0.3, 0.4) is 0 Å². The molecule has 1 aliphatic heterocycles. The molecule has 2 heterocycles. The Kier molecular flexibility index (Phi) is 4.75. The minimum atomic E-state index is -1.07. The molecule has 0 spiro atoms. The Hall–Kier alpha value is -4.06. The molecule has 0 bridgehead atoms. The molecule has 2 aromatic carbocycles. The highest BCUT2D eigenvalue weighted by atomic mass is 19.2. The molecule has 1 aromatic heterocycles. The maximum absolute atomic E-state index is 14.7. The van der Waals surface area contributed by atoms with E-state index in [4.69, 9.17) is 19.9 Å². The lowest BCUT2D eigenvalue weighted by Crippen LogP contribution is -2.21. The van der Waals surface area contributed by atoms with E-state index in [2.05, 4.69) is 10.2 Å². The van der Waals surface area contributed by atoms with E-state index in [0.29, 0.717) is 28.3 Å². The van der Waals surface area contributed by atoms with Gasteiger partial charge in [-0.25, -0.2) is 8.78 Å². The van der Waals surface area contributed by atoms with Gasteiger partial charge in [0, 0.05) is 11.1 Å². The maximum Gasteiger partial charge on any atom is 0.244 e. The fourth-order valence-electron chi connectivity index (χ4n) is 3.51. The summed E-state index contributed by atoms with van der Waals surface area (Å²) in [6.07, 6.45) is 0. The zero-order valence-electron chi connectivity index (χ0n) is 16.0. The van der Waals surface area contributed by atoms with Crippen molar-refractivity contribution in [1.29, 1.82) is 5.26 Å². The van der Waals surface area contributed by atoms with Crippen LogP contribution in [0.5, 0.6) is 17.4 Å². The topological polar surface area (TPSA) is 106 Å². The van der Waals surface area contributed by atoms with E-state index >= 15 is 0 Å².